The lowest BCUT2D eigenvalue weighted by Gasteiger charge is -2.33. The molecule has 2 aliphatic rings. The Morgan fingerprint density at radius 3 is 2.26 bits per heavy atom. The number of rotatable bonds is 5. The molecule has 0 spiro atoms. The van der Waals surface area contributed by atoms with Crippen LogP contribution in [-0.2, 0) is 17.5 Å². The van der Waals surface area contributed by atoms with Gasteiger partial charge in [-0.05, 0) is 60.4 Å². The molecule has 1 aliphatic carbocycles. The quantitative estimate of drug-likeness (QED) is 0.381. The Bertz CT molecular complexity index is 1380. The summed E-state index contributed by atoms with van der Waals surface area (Å²) in [6, 6.07) is 15.4. The van der Waals surface area contributed by atoms with Crippen molar-refractivity contribution < 1.29 is 27.2 Å². The molecule has 1 aliphatic heterocycles. The van der Waals surface area contributed by atoms with Crippen LogP contribution in [0.1, 0.15) is 59.2 Å². The molecule has 1 heterocycles. The molecule has 1 atom stereocenters. The molecule has 0 bridgehead atoms. The first-order valence-electron chi connectivity index (χ1n) is 12.9. The van der Waals surface area contributed by atoms with Gasteiger partial charge in [-0.2, -0.15) is 13.2 Å². The van der Waals surface area contributed by atoms with Gasteiger partial charge in [-0.1, -0.05) is 55.7 Å². The zero-order valence-electron chi connectivity index (χ0n) is 21.0. The Kier molecular flexibility index (Phi) is 7.50. The minimum absolute atomic E-state index is 0.0319. The van der Waals surface area contributed by atoms with E-state index < -0.39 is 35.4 Å². The maximum Gasteiger partial charge on any atom is 0.416 e. The fourth-order valence-electron chi connectivity index (χ4n) is 5.16. The number of hydrogen-bond donors (Lipinski definition) is 1. The van der Waals surface area contributed by atoms with Crippen molar-refractivity contribution >= 4 is 23.2 Å². The van der Waals surface area contributed by atoms with E-state index in [0.29, 0.717) is 16.8 Å². The zero-order chi connectivity index (χ0) is 27.6. The lowest BCUT2D eigenvalue weighted by molar-refractivity contribution is -0.137. The van der Waals surface area contributed by atoms with Crippen molar-refractivity contribution in [1.82, 2.24) is 10.2 Å². The topological polar surface area (TPSA) is 61.8 Å². The van der Waals surface area contributed by atoms with E-state index in [4.69, 9.17) is 4.99 Å². The SMILES string of the molecule is O=C(NC1CCCCC1)C1C(c2ccc(C(F)(F)F)cc2)=Nc2ccccc2C(=O)N1Cc1ccc(F)cc1. The lowest BCUT2D eigenvalue weighted by Crippen LogP contribution is -2.55. The average molecular weight is 538 g/mol. The highest BCUT2D eigenvalue weighted by Gasteiger charge is 2.40. The number of carbonyl (C=O) groups is 2. The Morgan fingerprint density at radius 1 is 0.923 bits per heavy atom. The van der Waals surface area contributed by atoms with Crippen LogP contribution in [0.2, 0.25) is 0 Å². The molecule has 1 unspecified atom stereocenters. The number of carbonyl (C=O) groups excluding carboxylic acids is 2. The molecule has 1 fully saturated rings. The highest BCUT2D eigenvalue weighted by molar-refractivity contribution is 6.21. The molecule has 0 aromatic heterocycles. The predicted octanol–water partition coefficient (Wildman–Crippen LogP) is 6.44. The Hall–Kier alpha value is -4.01. The highest BCUT2D eigenvalue weighted by Crippen LogP contribution is 2.32. The number of para-hydroxylation sites is 1. The van der Waals surface area contributed by atoms with Crippen molar-refractivity contribution in [3.8, 4) is 0 Å². The van der Waals surface area contributed by atoms with Crippen molar-refractivity contribution in [3.63, 3.8) is 0 Å². The van der Waals surface area contributed by atoms with Gasteiger partial charge < -0.3 is 10.2 Å². The van der Waals surface area contributed by atoms with Crippen LogP contribution in [0.3, 0.4) is 0 Å². The van der Waals surface area contributed by atoms with Crippen LogP contribution in [0, 0.1) is 5.82 Å². The van der Waals surface area contributed by atoms with Crippen LogP contribution >= 0.6 is 0 Å². The molecule has 3 aromatic rings. The van der Waals surface area contributed by atoms with Gasteiger partial charge in [0.1, 0.15) is 5.82 Å². The summed E-state index contributed by atoms with van der Waals surface area (Å²) in [6.45, 7) is -0.0319. The third-order valence-electron chi connectivity index (χ3n) is 7.18. The summed E-state index contributed by atoms with van der Waals surface area (Å²) < 4.78 is 53.5. The van der Waals surface area contributed by atoms with Crippen LogP contribution < -0.4 is 5.32 Å². The summed E-state index contributed by atoms with van der Waals surface area (Å²) >= 11 is 0. The summed E-state index contributed by atoms with van der Waals surface area (Å²) in [6.07, 6.45) is 0.101. The van der Waals surface area contributed by atoms with Gasteiger partial charge in [-0.15, -0.1) is 0 Å². The zero-order valence-corrected chi connectivity index (χ0v) is 21.0. The van der Waals surface area contributed by atoms with Gasteiger partial charge in [0.15, 0.2) is 6.04 Å². The summed E-state index contributed by atoms with van der Waals surface area (Å²) in [5, 5.41) is 3.07. The number of benzene rings is 3. The monoisotopic (exact) mass is 537 g/mol. The molecule has 0 saturated heterocycles. The van der Waals surface area contributed by atoms with Crippen molar-refractivity contribution in [2.45, 2.75) is 56.9 Å². The molecule has 39 heavy (non-hydrogen) atoms. The lowest BCUT2D eigenvalue weighted by atomic mass is 9.94. The number of halogens is 4. The summed E-state index contributed by atoms with van der Waals surface area (Å²) in [5.74, 6) is -1.35. The number of nitrogens with zero attached hydrogens (tertiary/aromatic N) is 2. The van der Waals surface area contributed by atoms with Crippen LogP contribution in [0.4, 0.5) is 23.2 Å². The van der Waals surface area contributed by atoms with Crippen LogP contribution in [0.5, 0.6) is 0 Å². The minimum atomic E-state index is -4.53. The van der Waals surface area contributed by atoms with Gasteiger partial charge >= 0.3 is 6.18 Å². The smallest absolute Gasteiger partial charge is 0.351 e. The van der Waals surface area contributed by atoms with Gasteiger partial charge in [0.05, 0.1) is 22.5 Å². The second-order valence-electron chi connectivity index (χ2n) is 9.89. The molecule has 202 valence electrons. The van der Waals surface area contributed by atoms with Gasteiger partial charge in [0.25, 0.3) is 5.91 Å². The van der Waals surface area contributed by atoms with Crippen molar-refractivity contribution in [3.05, 3.63) is 101 Å². The molecule has 1 N–H and O–H groups in total. The summed E-state index contributed by atoms with van der Waals surface area (Å²) in [4.78, 5) is 34.0. The maximum absolute atomic E-state index is 14.0. The van der Waals surface area contributed by atoms with E-state index in [9.17, 15) is 27.2 Å². The van der Waals surface area contributed by atoms with E-state index in [0.717, 1.165) is 44.2 Å². The van der Waals surface area contributed by atoms with Gasteiger partial charge in [0.2, 0.25) is 5.91 Å². The van der Waals surface area contributed by atoms with Crippen LogP contribution in [-0.4, -0.2) is 34.5 Å². The number of fused-ring (bicyclic) bond motifs is 1. The standard InChI is InChI=1S/C30H27F4N3O2/c31-22-16-10-19(11-17-22)18-37-27(28(38)35-23-6-2-1-3-7-23)26(20-12-14-21(15-13-20)30(32,33)34)36-25-9-5-4-8-24(25)29(37)39/h4-5,8-17,23,27H,1-3,6-7,18H2,(H,35,38). The third kappa shape index (κ3) is 5.87. The number of hydrogen-bond acceptors (Lipinski definition) is 3. The fourth-order valence-corrected chi connectivity index (χ4v) is 5.16. The van der Waals surface area contributed by atoms with Crippen molar-refractivity contribution in [1.29, 1.82) is 0 Å². The molecule has 2 amide bonds. The number of amides is 2. The maximum atomic E-state index is 14.0. The minimum Gasteiger partial charge on any atom is -0.351 e. The van der Waals surface area contributed by atoms with E-state index in [1.54, 1.807) is 24.3 Å². The fraction of sp³-hybridized carbons (Fsp3) is 0.300. The van der Waals surface area contributed by atoms with Crippen molar-refractivity contribution in [2.24, 2.45) is 4.99 Å². The van der Waals surface area contributed by atoms with E-state index in [1.165, 1.54) is 41.3 Å². The Balaban J connectivity index is 1.63. The van der Waals surface area contributed by atoms with E-state index in [-0.39, 0.29) is 23.9 Å². The second-order valence-corrected chi connectivity index (χ2v) is 9.89. The first kappa shape index (κ1) is 26.6. The molecule has 0 radical (unpaired) electrons. The first-order valence-corrected chi connectivity index (χ1v) is 12.9. The molecule has 9 heteroatoms. The van der Waals surface area contributed by atoms with E-state index in [1.807, 2.05) is 0 Å². The largest absolute Gasteiger partial charge is 0.416 e. The van der Waals surface area contributed by atoms with E-state index in [2.05, 4.69) is 5.32 Å². The second kappa shape index (κ2) is 11.0. The highest BCUT2D eigenvalue weighted by atomic mass is 19.4. The molecular formula is C30H27F4N3O2. The predicted molar refractivity (Wildman–Crippen MR) is 139 cm³/mol. The third-order valence-corrected chi connectivity index (χ3v) is 7.18. The molecule has 3 aromatic carbocycles. The Labute approximate surface area is 223 Å². The van der Waals surface area contributed by atoms with Gasteiger partial charge in [-0.25, -0.2) is 9.38 Å². The summed E-state index contributed by atoms with van der Waals surface area (Å²) in [5.41, 5.74) is 0.791. The van der Waals surface area contributed by atoms with Gasteiger partial charge in [0, 0.05) is 12.6 Å². The van der Waals surface area contributed by atoms with Gasteiger partial charge in [-0.3, -0.25) is 9.59 Å². The molecular weight excluding hydrogens is 510 g/mol. The summed E-state index contributed by atoms with van der Waals surface area (Å²) in [7, 11) is 0. The molecule has 5 rings (SSSR count). The van der Waals surface area contributed by atoms with E-state index >= 15 is 0 Å². The normalized spacial score (nSPS) is 18.3. The molecule has 5 nitrogen and oxygen atoms in total. The Morgan fingerprint density at radius 2 is 1.59 bits per heavy atom. The first-order chi connectivity index (χ1) is 18.7. The van der Waals surface area contributed by atoms with Crippen LogP contribution in [0.15, 0.2) is 77.8 Å². The number of alkyl halides is 3. The van der Waals surface area contributed by atoms with Crippen LogP contribution in [0.25, 0.3) is 0 Å². The van der Waals surface area contributed by atoms with Crippen molar-refractivity contribution in [2.75, 3.05) is 0 Å². The molecule has 1 saturated carbocycles. The number of nitrogens with one attached hydrogen (secondary N) is 1. The average Bonchev–Trinajstić information content (AvgIpc) is 3.05. The number of aliphatic imine (C=N–C) groups is 1.